The largest absolute Gasteiger partial charge is 0.395 e. The number of benzene rings is 1. The maximum Gasteiger partial charge on any atom is 0.395 e. The number of aliphatic imine (C=N–C) groups is 1. The van der Waals surface area contributed by atoms with E-state index in [1.165, 1.54) is 0 Å². The molecule has 0 unspecified atom stereocenters. The summed E-state index contributed by atoms with van der Waals surface area (Å²) in [5.74, 6) is -1.41. The van der Waals surface area contributed by atoms with Gasteiger partial charge in [0.1, 0.15) is 0 Å². The van der Waals surface area contributed by atoms with Crippen molar-refractivity contribution in [1.29, 1.82) is 0 Å². The summed E-state index contributed by atoms with van der Waals surface area (Å²) < 4.78 is 41.9. The Morgan fingerprint density at radius 1 is 1.37 bits per heavy atom. The monoisotopic (exact) mass is 489 g/mol. The molecule has 1 amide bonds. The minimum atomic E-state index is -4.39. The first kappa shape index (κ1) is 26.7. The number of fused-ring (bicyclic) bond motifs is 1. The average molecular weight is 490 g/mol. The van der Waals surface area contributed by atoms with Crippen LogP contribution in [0.4, 0.5) is 13.2 Å². The summed E-state index contributed by atoms with van der Waals surface area (Å²) in [4.78, 5) is 18.8. The average Bonchev–Trinajstić information content (AvgIpc) is 3.46. The zero-order valence-electron chi connectivity index (χ0n) is 20.7. The number of nitrogens with zero attached hydrogens (tertiary/aromatic N) is 3. The van der Waals surface area contributed by atoms with Gasteiger partial charge in [0.15, 0.2) is 0 Å². The number of carbonyl (C=O) groups is 1. The van der Waals surface area contributed by atoms with Crippen LogP contribution in [0.5, 0.6) is 0 Å². The third kappa shape index (κ3) is 6.39. The summed E-state index contributed by atoms with van der Waals surface area (Å²) in [6.45, 7) is 6.00. The van der Waals surface area contributed by atoms with Gasteiger partial charge in [-0.2, -0.15) is 18.3 Å². The molecule has 1 heterocycles. The molecule has 9 heteroatoms. The minimum Gasteiger partial charge on any atom is -0.355 e. The fourth-order valence-corrected chi connectivity index (χ4v) is 4.60. The van der Waals surface area contributed by atoms with Crippen molar-refractivity contribution in [1.82, 2.24) is 20.4 Å². The first-order chi connectivity index (χ1) is 16.5. The van der Waals surface area contributed by atoms with E-state index in [0.717, 1.165) is 16.5 Å². The van der Waals surface area contributed by atoms with Crippen LogP contribution in [0.1, 0.15) is 31.7 Å². The van der Waals surface area contributed by atoms with E-state index in [4.69, 9.17) is 0 Å². The Kier molecular flexibility index (Phi) is 8.20. The molecule has 1 aliphatic rings. The van der Waals surface area contributed by atoms with E-state index in [-0.39, 0.29) is 25.3 Å². The fourth-order valence-electron chi connectivity index (χ4n) is 4.60. The number of alkyl halides is 3. The molecule has 0 bridgehead atoms. The molecule has 0 saturated heterocycles. The van der Waals surface area contributed by atoms with Crippen LogP contribution in [0.2, 0.25) is 0 Å². The number of amides is 1. The normalized spacial score (nSPS) is 17.7. The van der Waals surface area contributed by atoms with Crippen molar-refractivity contribution >= 4 is 23.0 Å². The molecule has 3 rings (SSSR count). The van der Waals surface area contributed by atoms with E-state index in [9.17, 15) is 18.0 Å². The predicted molar refractivity (Wildman–Crippen MR) is 133 cm³/mol. The van der Waals surface area contributed by atoms with E-state index in [1.807, 2.05) is 37.2 Å². The molecular formula is C26H34F3N5O. The Hall–Kier alpha value is -2.94. The first-order valence-corrected chi connectivity index (χ1v) is 11.7. The van der Waals surface area contributed by atoms with Gasteiger partial charge in [-0.15, -0.1) is 0 Å². The molecular weight excluding hydrogens is 455 g/mol. The van der Waals surface area contributed by atoms with Crippen LogP contribution in [0.25, 0.3) is 10.9 Å². The first-order valence-electron chi connectivity index (χ1n) is 11.7. The highest BCUT2D eigenvalue weighted by Crippen LogP contribution is 2.64. The van der Waals surface area contributed by atoms with Crippen LogP contribution in [0.15, 0.2) is 53.2 Å². The molecule has 0 radical (unpaired) electrons. The van der Waals surface area contributed by atoms with E-state index in [2.05, 4.69) is 27.1 Å². The summed E-state index contributed by atoms with van der Waals surface area (Å²) >= 11 is 0. The number of nitrogens with one attached hydrogen (secondary N) is 2. The minimum absolute atomic E-state index is 0.0129. The second-order valence-electron chi connectivity index (χ2n) is 9.68. The second-order valence-corrected chi connectivity index (χ2v) is 9.68. The quantitative estimate of drug-likeness (QED) is 0.355. The van der Waals surface area contributed by atoms with Crippen LogP contribution < -0.4 is 5.32 Å². The standard InChI is InChI=1S/C26H34F3N5O/c1-17(14-30-3)10-18(2)22(25(8-9-25)26(27,28)29)13-24(35)31-16-21(34(4)5)12-19-6-7-23-20(11-19)15-32-33-23/h6-7,10-11,14-15,21-22H,2,8-9,12-13,16H2,1,3-5H3,(H,31,35)(H,32,33)/b17-10-,30-14-/t21-,22-/m0/s1. The third-order valence-corrected chi connectivity index (χ3v) is 6.84. The zero-order valence-corrected chi connectivity index (χ0v) is 20.7. The molecule has 35 heavy (non-hydrogen) atoms. The van der Waals surface area contributed by atoms with Crippen molar-refractivity contribution in [3.63, 3.8) is 0 Å². The van der Waals surface area contributed by atoms with Gasteiger partial charge in [0, 0.05) is 43.6 Å². The lowest BCUT2D eigenvalue weighted by atomic mass is 9.79. The lowest BCUT2D eigenvalue weighted by molar-refractivity contribution is -0.199. The SMILES string of the molecule is C=C(/C=C(C)\C=N/C)[C@H](CC(=O)NC[C@H](Cc1ccc2[nH]ncc2c1)N(C)C)C1(C(F)(F)F)CC1. The number of H-pyrrole nitrogens is 1. The molecule has 6 nitrogen and oxygen atoms in total. The third-order valence-electron chi connectivity index (χ3n) is 6.84. The lowest BCUT2D eigenvalue weighted by Crippen LogP contribution is -2.43. The van der Waals surface area contributed by atoms with Gasteiger partial charge in [0.25, 0.3) is 0 Å². The summed E-state index contributed by atoms with van der Waals surface area (Å²) in [6.07, 6.45) is 0.984. The molecule has 0 aliphatic heterocycles. The molecule has 0 spiro atoms. The smallest absolute Gasteiger partial charge is 0.355 e. The van der Waals surface area contributed by atoms with Gasteiger partial charge in [-0.05, 0) is 63.6 Å². The molecule has 1 aliphatic carbocycles. The lowest BCUT2D eigenvalue weighted by Gasteiger charge is -2.30. The Morgan fingerprint density at radius 2 is 2.09 bits per heavy atom. The van der Waals surface area contributed by atoms with Crippen molar-refractivity contribution in [2.45, 2.75) is 44.8 Å². The van der Waals surface area contributed by atoms with Gasteiger partial charge >= 0.3 is 6.18 Å². The van der Waals surface area contributed by atoms with E-state index in [1.54, 1.807) is 32.5 Å². The Bertz CT molecular complexity index is 1110. The van der Waals surface area contributed by atoms with Crippen LogP contribution in [-0.4, -0.2) is 67.1 Å². The number of halogens is 3. The molecule has 1 fully saturated rings. The summed E-state index contributed by atoms with van der Waals surface area (Å²) in [7, 11) is 5.44. The predicted octanol–water partition coefficient (Wildman–Crippen LogP) is 4.70. The molecule has 2 atom stereocenters. The van der Waals surface area contributed by atoms with E-state index in [0.29, 0.717) is 24.1 Å². The summed E-state index contributed by atoms with van der Waals surface area (Å²) in [6, 6.07) is 5.99. The van der Waals surface area contributed by atoms with Crippen molar-refractivity contribution < 1.29 is 18.0 Å². The molecule has 1 aromatic carbocycles. The summed E-state index contributed by atoms with van der Waals surface area (Å²) in [5, 5.41) is 10.8. The Balaban J connectivity index is 1.69. The molecule has 2 aromatic rings. The van der Waals surface area contributed by atoms with Gasteiger partial charge in [0.2, 0.25) is 5.91 Å². The number of rotatable bonds is 11. The highest BCUT2D eigenvalue weighted by Gasteiger charge is 2.67. The maximum atomic E-state index is 14.0. The van der Waals surface area contributed by atoms with Gasteiger partial charge in [-0.1, -0.05) is 24.3 Å². The Labute approximate surface area is 204 Å². The highest BCUT2D eigenvalue weighted by molar-refractivity contribution is 5.80. The zero-order chi connectivity index (χ0) is 25.8. The molecule has 1 aromatic heterocycles. The topological polar surface area (TPSA) is 73.4 Å². The van der Waals surface area contributed by atoms with Crippen molar-refractivity contribution in [2.75, 3.05) is 27.7 Å². The number of allylic oxidation sites excluding steroid dienone is 3. The number of hydrogen-bond acceptors (Lipinski definition) is 4. The van der Waals surface area contributed by atoms with Crippen LogP contribution in [0, 0.1) is 11.3 Å². The van der Waals surface area contributed by atoms with Crippen LogP contribution in [-0.2, 0) is 11.2 Å². The fraction of sp³-hybridized carbons (Fsp3) is 0.500. The van der Waals surface area contributed by atoms with Gasteiger partial charge in [-0.25, -0.2) is 0 Å². The molecule has 190 valence electrons. The number of likely N-dealkylation sites (N-methyl/N-ethyl adjacent to an activating group) is 1. The number of carbonyl (C=O) groups excluding carboxylic acids is 1. The van der Waals surface area contributed by atoms with Gasteiger partial charge in [-0.3, -0.25) is 14.9 Å². The maximum absolute atomic E-state index is 14.0. The van der Waals surface area contributed by atoms with E-state index < -0.39 is 23.4 Å². The summed E-state index contributed by atoms with van der Waals surface area (Å²) in [5.41, 5.74) is 1.16. The number of hydrogen-bond donors (Lipinski definition) is 2. The molecule has 2 N–H and O–H groups in total. The number of aromatic amines is 1. The second kappa shape index (κ2) is 10.8. The Morgan fingerprint density at radius 3 is 2.69 bits per heavy atom. The highest BCUT2D eigenvalue weighted by atomic mass is 19.4. The molecule has 1 saturated carbocycles. The number of aromatic nitrogens is 2. The van der Waals surface area contributed by atoms with Crippen LogP contribution >= 0.6 is 0 Å². The van der Waals surface area contributed by atoms with Crippen LogP contribution in [0.3, 0.4) is 0 Å². The van der Waals surface area contributed by atoms with Crippen molar-refractivity contribution in [3.8, 4) is 0 Å². The van der Waals surface area contributed by atoms with E-state index >= 15 is 0 Å². The van der Waals surface area contributed by atoms with Crippen molar-refractivity contribution in [2.24, 2.45) is 16.3 Å². The van der Waals surface area contributed by atoms with Crippen molar-refractivity contribution in [3.05, 3.63) is 53.8 Å². The van der Waals surface area contributed by atoms with Gasteiger partial charge < -0.3 is 10.2 Å². The van der Waals surface area contributed by atoms with Gasteiger partial charge in [0.05, 0.1) is 17.1 Å².